The zero-order valence-electron chi connectivity index (χ0n) is 24.8. The van der Waals surface area contributed by atoms with E-state index in [9.17, 15) is 67.2 Å². The van der Waals surface area contributed by atoms with E-state index < -0.39 is 109 Å². The Balaban J connectivity index is 1.71. The predicted molar refractivity (Wildman–Crippen MR) is 143 cm³/mol. The summed E-state index contributed by atoms with van der Waals surface area (Å²) in [5, 5.41) is 80.8. The summed E-state index contributed by atoms with van der Waals surface area (Å²) >= 11 is 0. The Kier molecular flexibility index (Phi) is 10.7. The number of benzene rings is 2. The molecule has 0 radical (unpaired) electrons. The third kappa shape index (κ3) is 7.99. The van der Waals surface area contributed by atoms with Crippen LogP contribution in [0.1, 0.15) is 13.8 Å². The number of rotatable bonds is 9. The molecule has 2 fully saturated rings. The first kappa shape index (κ1) is 37.6. The van der Waals surface area contributed by atoms with Gasteiger partial charge in [-0.05, 0) is 49.2 Å². The average molecular weight is 707 g/mol. The van der Waals surface area contributed by atoms with Crippen LogP contribution in [0.5, 0.6) is 23.0 Å². The molecule has 0 unspecified atom stereocenters. The molecule has 2 aromatic rings. The van der Waals surface area contributed by atoms with E-state index in [0.29, 0.717) is 12.1 Å². The fourth-order valence-electron chi connectivity index (χ4n) is 4.94. The van der Waals surface area contributed by atoms with Crippen LogP contribution in [-0.4, -0.2) is 127 Å². The van der Waals surface area contributed by atoms with Crippen molar-refractivity contribution in [3.05, 3.63) is 36.4 Å². The molecule has 0 saturated carbocycles. The molecular formula is C28H32F6O14. The minimum absolute atomic E-state index is 0.222. The van der Waals surface area contributed by atoms with Gasteiger partial charge in [0.15, 0.2) is 34.2 Å². The lowest BCUT2D eigenvalue weighted by molar-refractivity contribution is -0.316. The van der Waals surface area contributed by atoms with Crippen LogP contribution in [0.2, 0.25) is 0 Å². The summed E-state index contributed by atoms with van der Waals surface area (Å²) in [6.45, 7) is 0.119. The maximum absolute atomic E-state index is 13.4. The standard InChI is InChI=1S/C28H32F6O14/c1-25(41)21(39)19(37)17(9-35)45-23(25)43-13-5-3-11(7-15(13)47-27(29,30)31)12-4-6-14(16(8-12)48-28(32,33)34)44-24-26(2,42)22(40)20(38)18(10-36)46-24/h3-8,17-24,35-42H,9-10H2,1-2H3/t17-,18-,19-,20-,21+,22+,23+,24+,25+,26+/m1/s1. The molecule has 10 atom stereocenters. The highest BCUT2D eigenvalue weighted by atomic mass is 19.4. The lowest BCUT2D eigenvalue weighted by Crippen LogP contribution is -2.66. The van der Waals surface area contributed by atoms with Gasteiger partial charge in [0.1, 0.15) is 36.6 Å². The molecule has 48 heavy (non-hydrogen) atoms. The van der Waals surface area contributed by atoms with Crippen LogP contribution in [0.3, 0.4) is 0 Å². The molecule has 0 amide bonds. The molecular weight excluding hydrogens is 674 g/mol. The molecule has 0 aromatic heterocycles. The van der Waals surface area contributed by atoms with E-state index in [2.05, 4.69) is 9.47 Å². The van der Waals surface area contributed by atoms with Crippen LogP contribution in [0.25, 0.3) is 11.1 Å². The van der Waals surface area contributed by atoms with Crippen LogP contribution in [-0.2, 0) is 9.47 Å². The number of aliphatic hydroxyl groups is 8. The molecule has 0 aliphatic carbocycles. The van der Waals surface area contributed by atoms with Crippen molar-refractivity contribution in [2.24, 2.45) is 0 Å². The molecule has 2 aromatic carbocycles. The molecule has 14 nitrogen and oxygen atoms in total. The summed E-state index contributed by atoms with van der Waals surface area (Å²) in [6.07, 6.45) is -25.3. The first-order valence-corrected chi connectivity index (χ1v) is 13.9. The maximum Gasteiger partial charge on any atom is 0.573 e. The van der Waals surface area contributed by atoms with Gasteiger partial charge in [-0.15, -0.1) is 26.3 Å². The lowest BCUT2D eigenvalue weighted by Gasteiger charge is -2.45. The largest absolute Gasteiger partial charge is 0.573 e. The van der Waals surface area contributed by atoms with E-state index in [1.807, 2.05) is 0 Å². The Morgan fingerprint density at radius 3 is 1.25 bits per heavy atom. The first-order valence-electron chi connectivity index (χ1n) is 13.9. The number of hydrogen-bond donors (Lipinski definition) is 8. The van der Waals surface area contributed by atoms with Crippen LogP contribution in [0, 0.1) is 0 Å². The van der Waals surface area contributed by atoms with E-state index in [4.69, 9.17) is 18.9 Å². The molecule has 2 saturated heterocycles. The Morgan fingerprint density at radius 1 is 0.625 bits per heavy atom. The highest BCUT2D eigenvalue weighted by Crippen LogP contribution is 2.43. The normalized spacial score (nSPS) is 34.4. The highest BCUT2D eigenvalue weighted by Gasteiger charge is 2.54. The monoisotopic (exact) mass is 706 g/mol. The summed E-state index contributed by atoms with van der Waals surface area (Å²) in [5.74, 6) is -3.67. The Hall–Kier alpha value is -3.18. The second-order valence-electron chi connectivity index (χ2n) is 11.4. The fraction of sp³-hybridized carbons (Fsp3) is 0.571. The molecule has 8 N–H and O–H groups in total. The Labute approximate surface area is 266 Å². The molecule has 20 heteroatoms. The van der Waals surface area contributed by atoms with Gasteiger partial charge < -0.3 is 69.3 Å². The fourth-order valence-corrected chi connectivity index (χ4v) is 4.94. The van der Waals surface area contributed by atoms with Crippen molar-refractivity contribution in [3.63, 3.8) is 0 Å². The van der Waals surface area contributed by atoms with E-state index in [1.165, 1.54) is 0 Å². The molecule has 2 aliphatic heterocycles. The molecule has 0 bridgehead atoms. The van der Waals surface area contributed by atoms with E-state index in [1.54, 1.807) is 0 Å². The van der Waals surface area contributed by atoms with Gasteiger partial charge in [-0.3, -0.25) is 0 Å². The molecule has 2 heterocycles. The van der Waals surface area contributed by atoms with E-state index in [0.717, 1.165) is 38.1 Å². The van der Waals surface area contributed by atoms with Crippen molar-refractivity contribution in [2.45, 2.75) is 87.0 Å². The SMILES string of the molecule is C[C@@]1(O)[C@@H](Oc2ccc(-c3ccc(O[C@H]4O[C@H](CO)[C@@H](O)[C@H](O)[C@]4(C)O)c(OC(F)(F)F)c3)cc2OC(F)(F)F)O[C@H](CO)[C@@H](O)[C@@H]1O. The molecule has 2 aliphatic rings. The highest BCUT2D eigenvalue weighted by molar-refractivity contribution is 5.70. The minimum atomic E-state index is -5.35. The zero-order chi connectivity index (χ0) is 36.0. The number of aliphatic hydroxyl groups excluding tert-OH is 6. The third-order valence-corrected chi connectivity index (χ3v) is 7.66. The van der Waals surface area contributed by atoms with Gasteiger partial charge in [-0.2, -0.15) is 0 Å². The van der Waals surface area contributed by atoms with Crippen molar-refractivity contribution in [2.75, 3.05) is 13.2 Å². The van der Waals surface area contributed by atoms with Crippen LogP contribution >= 0.6 is 0 Å². The summed E-state index contributed by atoms with van der Waals surface area (Å²) in [6, 6.07) is 5.25. The van der Waals surface area contributed by atoms with E-state index in [-0.39, 0.29) is 11.1 Å². The van der Waals surface area contributed by atoms with Crippen molar-refractivity contribution < 1.29 is 95.6 Å². The van der Waals surface area contributed by atoms with Gasteiger partial charge in [0.2, 0.25) is 12.6 Å². The molecule has 4 rings (SSSR count). The lowest BCUT2D eigenvalue weighted by atomic mass is 9.88. The van der Waals surface area contributed by atoms with Gasteiger partial charge in [0, 0.05) is 0 Å². The van der Waals surface area contributed by atoms with Crippen molar-refractivity contribution in [1.29, 1.82) is 0 Å². The summed E-state index contributed by atoms with van der Waals surface area (Å²) < 4.78 is 110. The van der Waals surface area contributed by atoms with Gasteiger partial charge >= 0.3 is 12.7 Å². The van der Waals surface area contributed by atoms with Crippen LogP contribution in [0.15, 0.2) is 36.4 Å². The topological polar surface area (TPSA) is 217 Å². The number of alkyl halides is 6. The predicted octanol–water partition coefficient (Wildman–Crippen LogP) is 0.288. The summed E-state index contributed by atoms with van der Waals surface area (Å²) in [5.41, 5.74) is -5.31. The first-order chi connectivity index (χ1) is 22.1. The third-order valence-electron chi connectivity index (χ3n) is 7.66. The number of hydrogen-bond acceptors (Lipinski definition) is 14. The zero-order valence-corrected chi connectivity index (χ0v) is 24.8. The van der Waals surface area contributed by atoms with Gasteiger partial charge in [0.25, 0.3) is 0 Å². The van der Waals surface area contributed by atoms with Gasteiger partial charge in [0.05, 0.1) is 13.2 Å². The van der Waals surface area contributed by atoms with Crippen LogP contribution < -0.4 is 18.9 Å². The second kappa shape index (κ2) is 13.6. The van der Waals surface area contributed by atoms with E-state index >= 15 is 0 Å². The molecule has 0 spiro atoms. The smallest absolute Gasteiger partial charge is 0.458 e. The summed E-state index contributed by atoms with van der Waals surface area (Å²) in [7, 11) is 0. The Bertz CT molecular complexity index is 1310. The Morgan fingerprint density at radius 2 is 0.958 bits per heavy atom. The minimum Gasteiger partial charge on any atom is -0.458 e. The van der Waals surface area contributed by atoms with Gasteiger partial charge in [-0.25, -0.2) is 0 Å². The maximum atomic E-state index is 13.4. The second-order valence-corrected chi connectivity index (χ2v) is 11.4. The van der Waals surface area contributed by atoms with Crippen molar-refractivity contribution >= 4 is 0 Å². The van der Waals surface area contributed by atoms with Crippen molar-refractivity contribution in [1.82, 2.24) is 0 Å². The summed E-state index contributed by atoms with van der Waals surface area (Å²) in [4.78, 5) is 0. The van der Waals surface area contributed by atoms with Crippen molar-refractivity contribution in [3.8, 4) is 34.1 Å². The van der Waals surface area contributed by atoms with Gasteiger partial charge in [-0.1, -0.05) is 12.1 Å². The quantitative estimate of drug-likeness (QED) is 0.165. The number of ether oxygens (including phenoxy) is 6. The average Bonchev–Trinajstić information content (AvgIpc) is 2.98. The molecule has 270 valence electrons. The number of halogens is 6. The van der Waals surface area contributed by atoms with Crippen LogP contribution in [0.4, 0.5) is 26.3 Å².